The number of carbonyl (C=O) groups is 1. The van der Waals surface area contributed by atoms with Crippen LogP contribution < -0.4 is 14.8 Å². The molecule has 2 aromatic carbocycles. The highest BCUT2D eigenvalue weighted by atomic mass is 16.5. The Morgan fingerprint density at radius 3 is 2.69 bits per heavy atom. The summed E-state index contributed by atoms with van der Waals surface area (Å²) in [6.45, 7) is 7.83. The number of nitrogens with zero attached hydrogens (tertiary/aromatic N) is 1. The van der Waals surface area contributed by atoms with Gasteiger partial charge in [-0.3, -0.25) is 4.79 Å². The summed E-state index contributed by atoms with van der Waals surface area (Å²) in [6, 6.07) is 15.9. The van der Waals surface area contributed by atoms with E-state index >= 15 is 0 Å². The molecule has 29 heavy (non-hydrogen) atoms. The van der Waals surface area contributed by atoms with Gasteiger partial charge >= 0.3 is 0 Å². The standard InChI is InChI=1S/C24H32N2O3/c1-18(2)26-13-7-10-20(16-26)15-25-24(27)21-11-12-22(23(14-21)28-3)29-17-19-8-5-4-6-9-19/h4-6,8-9,11-12,14,18,20H,7,10,13,15-17H2,1-3H3,(H,25,27). The molecule has 0 radical (unpaired) electrons. The van der Waals surface area contributed by atoms with Crippen LogP contribution in [0.4, 0.5) is 0 Å². The van der Waals surface area contributed by atoms with Gasteiger partial charge in [0.05, 0.1) is 7.11 Å². The van der Waals surface area contributed by atoms with Crippen molar-refractivity contribution in [3.8, 4) is 11.5 Å². The number of carbonyl (C=O) groups excluding carboxylic acids is 1. The molecule has 5 heteroatoms. The zero-order chi connectivity index (χ0) is 20.6. The van der Waals surface area contributed by atoms with Crippen molar-refractivity contribution in [2.75, 3.05) is 26.7 Å². The first-order chi connectivity index (χ1) is 14.1. The number of nitrogens with one attached hydrogen (secondary N) is 1. The second kappa shape index (κ2) is 10.3. The van der Waals surface area contributed by atoms with Crippen molar-refractivity contribution in [2.24, 2.45) is 5.92 Å². The number of piperidine rings is 1. The molecule has 0 aromatic heterocycles. The van der Waals surface area contributed by atoms with E-state index < -0.39 is 0 Å². The minimum Gasteiger partial charge on any atom is -0.493 e. The van der Waals surface area contributed by atoms with Crippen molar-refractivity contribution in [1.82, 2.24) is 10.2 Å². The van der Waals surface area contributed by atoms with Crippen LogP contribution >= 0.6 is 0 Å². The van der Waals surface area contributed by atoms with E-state index in [4.69, 9.17) is 9.47 Å². The zero-order valence-electron chi connectivity index (χ0n) is 17.7. The van der Waals surface area contributed by atoms with E-state index in [-0.39, 0.29) is 5.91 Å². The normalized spacial score (nSPS) is 17.2. The Morgan fingerprint density at radius 1 is 1.17 bits per heavy atom. The van der Waals surface area contributed by atoms with Gasteiger partial charge in [-0.15, -0.1) is 0 Å². The highest BCUT2D eigenvalue weighted by molar-refractivity contribution is 5.94. The van der Waals surface area contributed by atoms with Gasteiger partial charge < -0.3 is 19.7 Å². The van der Waals surface area contributed by atoms with Crippen LogP contribution in [-0.2, 0) is 6.61 Å². The molecule has 3 rings (SSSR count). The van der Waals surface area contributed by atoms with Crippen LogP contribution in [0.15, 0.2) is 48.5 Å². The number of hydrogen-bond donors (Lipinski definition) is 1. The van der Waals surface area contributed by atoms with Crippen LogP contribution in [0.3, 0.4) is 0 Å². The number of amides is 1. The summed E-state index contributed by atoms with van der Waals surface area (Å²) in [7, 11) is 1.59. The fraction of sp³-hybridized carbons (Fsp3) is 0.458. The average molecular weight is 397 g/mol. The lowest BCUT2D eigenvalue weighted by molar-refractivity contribution is 0.0922. The summed E-state index contributed by atoms with van der Waals surface area (Å²) < 4.78 is 11.3. The van der Waals surface area contributed by atoms with Crippen LogP contribution in [0.2, 0.25) is 0 Å². The van der Waals surface area contributed by atoms with E-state index in [1.54, 1.807) is 25.3 Å². The van der Waals surface area contributed by atoms with E-state index in [9.17, 15) is 4.79 Å². The fourth-order valence-corrected chi connectivity index (χ4v) is 3.74. The van der Waals surface area contributed by atoms with Crippen LogP contribution in [0.5, 0.6) is 11.5 Å². The monoisotopic (exact) mass is 396 g/mol. The zero-order valence-corrected chi connectivity index (χ0v) is 17.7. The first-order valence-corrected chi connectivity index (χ1v) is 10.4. The Balaban J connectivity index is 1.56. The van der Waals surface area contributed by atoms with Crippen molar-refractivity contribution in [1.29, 1.82) is 0 Å². The van der Waals surface area contributed by atoms with Gasteiger partial charge in [-0.2, -0.15) is 0 Å². The van der Waals surface area contributed by atoms with Gasteiger partial charge in [-0.1, -0.05) is 30.3 Å². The summed E-state index contributed by atoms with van der Waals surface area (Å²) in [4.78, 5) is 15.1. The predicted octanol–water partition coefficient (Wildman–Crippen LogP) is 4.12. The van der Waals surface area contributed by atoms with Gasteiger partial charge in [-0.05, 0) is 62.9 Å². The largest absolute Gasteiger partial charge is 0.493 e. The topological polar surface area (TPSA) is 50.8 Å². The Bertz CT molecular complexity index is 792. The summed E-state index contributed by atoms with van der Waals surface area (Å²) in [5, 5.41) is 3.09. The van der Waals surface area contributed by atoms with Gasteiger partial charge in [0.15, 0.2) is 11.5 Å². The molecule has 1 amide bonds. The molecule has 1 aliphatic rings. The van der Waals surface area contributed by atoms with E-state index in [2.05, 4.69) is 24.1 Å². The first-order valence-electron chi connectivity index (χ1n) is 10.4. The second-order valence-electron chi connectivity index (χ2n) is 7.95. The van der Waals surface area contributed by atoms with Gasteiger partial charge in [0.25, 0.3) is 5.91 Å². The number of rotatable bonds is 8. The highest BCUT2D eigenvalue weighted by Crippen LogP contribution is 2.29. The molecule has 156 valence electrons. The molecule has 1 unspecified atom stereocenters. The van der Waals surface area contributed by atoms with Crippen LogP contribution in [0.1, 0.15) is 42.6 Å². The molecule has 0 spiro atoms. The molecule has 1 fully saturated rings. The summed E-state index contributed by atoms with van der Waals surface area (Å²) in [6.07, 6.45) is 2.36. The van der Waals surface area contributed by atoms with Gasteiger partial charge in [0.2, 0.25) is 0 Å². The van der Waals surface area contributed by atoms with E-state index in [0.29, 0.717) is 42.2 Å². The number of hydrogen-bond acceptors (Lipinski definition) is 4. The number of likely N-dealkylation sites (tertiary alicyclic amines) is 1. The molecule has 1 N–H and O–H groups in total. The molecule has 2 aromatic rings. The van der Waals surface area contributed by atoms with E-state index in [1.807, 2.05) is 30.3 Å². The Hall–Kier alpha value is -2.53. The molecule has 1 heterocycles. The average Bonchev–Trinajstić information content (AvgIpc) is 2.76. The fourth-order valence-electron chi connectivity index (χ4n) is 3.74. The lowest BCUT2D eigenvalue weighted by Gasteiger charge is -2.35. The number of ether oxygens (including phenoxy) is 2. The maximum absolute atomic E-state index is 12.6. The first kappa shape index (κ1) is 21.2. The molecule has 1 aliphatic heterocycles. The Morgan fingerprint density at radius 2 is 1.97 bits per heavy atom. The molecule has 0 bridgehead atoms. The van der Waals surface area contributed by atoms with Crippen molar-refractivity contribution in [3.63, 3.8) is 0 Å². The van der Waals surface area contributed by atoms with Crippen molar-refractivity contribution < 1.29 is 14.3 Å². The predicted molar refractivity (Wildman–Crippen MR) is 116 cm³/mol. The smallest absolute Gasteiger partial charge is 0.251 e. The number of methoxy groups -OCH3 is 1. The summed E-state index contributed by atoms with van der Waals surface area (Å²) >= 11 is 0. The van der Waals surface area contributed by atoms with Crippen LogP contribution in [0, 0.1) is 5.92 Å². The third kappa shape index (κ3) is 5.97. The van der Waals surface area contributed by atoms with Gasteiger partial charge in [0.1, 0.15) is 6.61 Å². The molecule has 0 saturated carbocycles. The van der Waals surface area contributed by atoms with Gasteiger partial charge in [-0.25, -0.2) is 0 Å². The van der Waals surface area contributed by atoms with Crippen LogP contribution in [0.25, 0.3) is 0 Å². The minimum absolute atomic E-state index is 0.0698. The maximum Gasteiger partial charge on any atom is 0.251 e. The lowest BCUT2D eigenvalue weighted by Crippen LogP contribution is -2.43. The summed E-state index contributed by atoms with van der Waals surface area (Å²) in [5.41, 5.74) is 1.67. The molecular weight excluding hydrogens is 364 g/mol. The van der Waals surface area contributed by atoms with E-state index in [1.165, 1.54) is 12.8 Å². The lowest BCUT2D eigenvalue weighted by atomic mass is 9.97. The maximum atomic E-state index is 12.6. The highest BCUT2D eigenvalue weighted by Gasteiger charge is 2.22. The van der Waals surface area contributed by atoms with Crippen LogP contribution in [-0.4, -0.2) is 43.6 Å². The second-order valence-corrected chi connectivity index (χ2v) is 7.95. The van der Waals surface area contributed by atoms with Crippen molar-refractivity contribution in [3.05, 3.63) is 59.7 Å². The van der Waals surface area contributed by atoms with Crippen molar-refractivity contribution >= 4 is 5.91 Å². The van der Waals surface area contributed by atoms with Crippen molar-refractivity contribution in [2.45, 2.75) is 39.3 Å². The minimum atomic E-state index is -0.0698. The van der Waals surface area contributed by atoms with Gasteiger partial charge in [0, 0.05) is 24.7 Å². The third-order valence-electron chi connectivity index (χ3n) is 5.49. The molecular formula is C24H32N2O3. The Kier molecular flexibility index (Phi) is 7.53. The van der Waals surface area contributed by atoms with E-state index in [0.717, 1.165) is 18.7 Å². The third-order valence-corrected chi connectivity index (χ3v) is 5.49. The SMILES string of the molecule is COc1cc(C(=O)NCC2CCCN(C(C)C)C2)ccc1OCc1ccccc1. The Labute approximate surface area is 174 Å². The molecule has 5 nitrogen and oxygen atoms in total. The molecule has 1 atom stereocenters. The molecule has 0 aliphatic carbocycles. The number of benzene rings is 2. The quantitative estimate of drug-likeness (QED) is 0.729. The molecule has 1 saturated heterocycles. The summed E-state index contributed by atoms with van der Waals surface area (Å²) in [5.74, 6) is 1.63.